The first-order valence-electron chi connectivity index (χ1n) is 4.38. The van der Waals surface area contributed by atoms with Gasteiger partial charge in [0, 0.05) is 1.37 Å². The second-order valence-electron chi connectivity index (χ2n) is 3.94. The predicted molar refractivity (Wildman–Crippen MR) is 38.2 cm³/mol. The Kier molecular flexibility index (Phi) is 0.795. The van der Waals surface area contributed by atoms with Crippen LogP contribution in [0.4, 0.5) is 0 Å². The van der Waals surface area contributed by atoms with Gasteiger partial charge in [0.15, 0.2) is 0 Å². The minimum atomic E-state index is -1.45. The van der Waals surface area contributed by atoms with Crippen molar-refractivity contribution in [2.75, 3.05) is 0 Å². The fourth-order valence-corrected chi connectivity index (χ4v) is 1.79. The maximum absolute atomic E-state index is 9.69. The average Bonchev–Trinajstić information content (AvgIpc) is 1.84. The molecule has 0 heterocycles. The summed E-state index contributed by atoms with van der Waals surface area (Å²) in [5.41, 5.74) is -1.20. The molecule has 0 atom stereocenters. The molecule has 0 bridgehead atoms. The van der Waals surface area contributed by atoms with E-state index < -0.39 is 16.9 Å². The van der Waals surface area contributed by atoms with Crippen LogP contribution in [-0.4, -0.2) is 11.2 Å². The molecule has 1 N–H and O–H groups in total. The van der Waals surface area contributed by atoms with Gasteiger partial charge < -0.3 is 5.11 Å². The molecule has 1 aliphatic rings. The minimum Gasteiger partial charge on any atom is -0.392 e. The van der Waals surface area contributed by atoms with Crippen molar-refractivity contribution in [3.05, 3.63) is 0 Å². The van der Waals surface area contributed by atoms with E-state index in [0.717, 1.165) is 0 Å². The van der Waals surface area contributed by atoms with Crippen LogP contribution in [0.1, 0.15) is 36.8 Å². The maximum atomic E-state index is 9.69. The molecule has 1 rings (SSSR count). The normalized spacial score (nSPS) is 57.2. The van der Waals surface area contributed by atoms with Crippen molar-refractivity contribution in [2.24, 2.45) is 10.8 Å². The summed E-state index contributed by atoms with van der Waals surface area (Å²) < 4.78 is 15.3. The van der Waals surface area contributed by atoms with Crippen LogP contribution in [0.15, 0.2) is 0 Å². The van der Waals surface area contributed by atoms with Crippen molar-refractivity contribution in [2.45, 2.75) is 40.2 Å². The minimum absolute atomic E-state index is 0.350. The van der Waals surface area contributed by atoms with E-state index in [1.807, 2.05) is 0 Å². The molecular weight excluding hydrogens is 112 g/mol. The number of rotatable bonds is 0. The standard InChI is InChI=1S/C8H16O/c1-7(2)5-8(3,4)6(7)9/h6,9H,5H2,1-4H3/i5D,6D. The molecule has 0 amide bonds. The smallest absolute Gasteiger partial charge is 0.0642 e. The molecule has 0 aromatic carbocycles. The van der Waals surface area contributed by atoms with Gasteiger partial charge in [-0.05, 0) is 17.2 Å². The molecule has 0 aromatic heterocycles. The molecule has 1 fully saturated rings. The van der Waals surface area contributed by atoms with Gasteiger partial charge in [0.05, 0.1) is 7.45 Å². The topological polar surface area (TPSA) is 20.2 Å². The molecule has 0 unspecified atom stereocenters. The lowest BCUT2D eigenvalue weighted by Crippen LogP contribution is -2.54. The van der Waals surface area contributed by atoms with Gasteiger partial charge in [-0.2, -0.15) is 0 Å². The molecule has 1 aliphatic carbocycles. The molecule has 54 valence electrons. The zero-order valence-electron chi connectivity index (χ0n) is 8.52. The Morgan fingerprint density at radius 2 is 1.78 bits per heavy atom. The van der Waals surface area contributed by atoms with Crippen LogP contribution in [0.25, 0.3) is 0 Å². The lowest BCUT2D eigenvalue weighted by molar-refractivity contribution is -0.150. The van der Waals surface area contributed by atoms with Crippen molar-refractivity contribution < 1.29 is 7.85 Å². The Bertz CT molecular complexity index is 167. The van der Waals surface area contributed by atoms with E-state index in [1.54, 1.807) is 27.7 Å². The Morgan fingerprint density at radius 3 is 1.89 bits per heavy atom. The molecule has 0 saturated heterocycles. The van der Waals surface area contributed by atoms with Crippen LogP contribution >= 0.6 is 0 Å². The third-order valence-corrected chi connectivity index (χ3v) is 1.94. The summed E-state index contributed by atoms with van der Waals surface area (Å²) in [5, 5.41) is 9.69. The van der Waals surface area contributed by atoms with Gasteiger partial charge in [0.1, 0.15) is 0 Å². The molecule has 0 aromatic rings. The van der Waals surface area contributed by atoms with Crippen LogP contribution in [0.2, 0.25) is 0 Å². The maximum Gasteiger partial charge on any atom is 0.0642 e. The van der Waals surface area contributed by atoms with Crippen LogP contribution in [-0.2, 0) is 0 Å². The first-order valence-corrected chi connectivity index (χ1v) is 3.30. The van der Waals surface area contributed by atoms with E-state index >= 15 is 0 Å². The fraction of sp³-hybridized carbons (Fsp3) is 1.00. The fourth-order valence-electron chi connectivity index (χ4n) is 1.79. The van der Waals surface area contributed by atoms with Crippen LogP contribution in [0.3, 0.4) is 0 Å². The molecule has 0 radical (unpaired) electrons. The van der Waals surface area contributed by atoms with Crippen molar-refractivity contribution in [3.63, 3.8) is 0 Å². The number of hydrogen-bond donors (Lipinski definition) is 1. The summed E-state index contributed by atoms with van der Waals surface area (Å²) in [7, 11) is 0. The summed E-state index contributed by atoms with van der Waals surface area (Å²) in [6, 6.07) is 0. The third-order valence-electron chi connectivity index (χ3n) is 1.94. The lowest BCUT2D eigenvalue weighted by Gasteiger charge is -2.54. The van der Waals surface area contributed by atoms with Gasteiger partial charge in [0.2, 0.25) is 0 Å². The highest BCUT2D eigenvalue weighted by Crippen LogP contribution is 2.53. The summed E-state index contributed by atoms with van der Waals surface area (Å²) >= 11 is 0. The Morgan fingerprint density at radius 1 is 1.44 bits per heavy atom. The molecule has 1 heteroatoms. The molecular formula is C8H16O. The molecule has 9 heavy (non-hydrogen) atoms. The van der Waals surface area contributed by atoms with E-state index in [9.17, 15) is 5.11 Å². The zero-order chi connectivity index (χ0) is 9.08. The van der Waals surface area contributed by atoms with E-state index in [0.29, 0.717) is 0 Å². The number of hydrogen-bond acceptors (Lipinski definition) is 1. The Balaban J connectivity index is 2.98. The quantitative estimate of drug-likeness (QED) is 0.530. The summed E-state index contributed by atoms with van der Waals surface area (Å²) in [5.74, 6) is 0. The van der Waals surface area contributed by atoms with Crippen LogP contribution in [0, 0.1) is 10.8 Å². The van der Waals surface area contributed by atoms with Crippen LogP contribution < -0.4 is 0 Å². The SMILES string of the molecule is [2H]C1C(C)(C)C([2H])(O)C1(C)C. The molecule has 1 nitrogen and oxygen atoms in total. The lowest BCUT2D eigenvalue weighted by atomic mass is 9.54. The van der Waals surface area contributed by atoms with E-state index in [-0.39, 0.29) is 6.40 Å². The van der Waals surface area contributed by atoms with Gasteiger partial charge in [0.25, 0.3) is 0 Å². The van der Waals surface area contributed by atoms with Crippen LogP contribution in [0.5, 0.6) is 0 Å². The molecule has 0 spiro atoms. The van der Waals surface area contributed by atoms with Gasteiger partial charge in [-0.25, -0.2) is 0 Å². The first-order chi connectivity index (χ1) is 4.65. The monoisotopic (exact) mass is 130 g/mol. The second-order valence-corrected chi connectivity index (χ2v) is 3.94. The first kappa shape index (κ1) is 4.73. The highest BCUT2D eigenvalue weighted by Gasteiger charge is 2.51. The van der Waals surface area contributed by atoms with Gasteiger partial charge in [-0.3, -0.25) is 0 Å². The average molecular weight is 130 g/mol. The van der Waals surface area contributed by atoms with Crippen molar-refractivity contribution in [1.29, 1.82) is 0 Å². The summed E-state index contributed by atoms with van der Waals surface area (Å²) in [6.07, 6.45) is -1.80. The van der Waals surface area contributed by atoms with Crippen molar-refractivity contribution >= 4 is 0 Å². The van der Waals surface area contributed by atoms with Gasteiger partial charge in [-0.15, -0.1) is 0 Å². The van der Waals surface area contributed by atoms with E-state index in [2.05, 4.69) is 0 Å². The van der Waals surface area contributed by atoms with Crippen molar-refractivity contribution in [1.82, 2.24) is 0 Å². The third kappa shape index (κ3) is 0.877. The predicted octanol–water partition coefficient (Wildman–Crippen LogP) is 1.80. The Labute approximate surface area is 59.9 Å². The van der Waals surface area contributed by atoms with E-state index in [4.69, 9.17) is 2.74 Å². The second kappa shape index (κ2) is 1.51. The largest absolute Gasteiger partial charge is 0.392 e. The Hall–Kier alpha value is -0.0400. The van der Waals surface area contributed by atoms with Crippen molar-refractivity contribution in [3.8, 4) is 0 Å². The highest BCUT2D eigenvalue weighted by molar-refractivity contribution is 5.01. The van der Waals surface area contributed by atoms with Gasteiger partial charge in [-0.1, -0.05) is 27.7 Å². The van der Waals surface area contributed by atoms with E-state index in [1.165, 1.54) is 0 Å². The molecule has 1 saturated carbocycles. The number of aliphatic hydroxyl groups is 1. The van der Waals surface area contributed by atoms with Gasteiger partial charge >= 0.3 is 0 Å². The molecule has 0 aliphatic heterocycles. The zero-order valence-corrected chi connectivity index (χ0v) is 6.52. The highest BCUT2D eigenvalue weighted by atomic mass is 16.3. The summed E-state index contributed by atoms with van der Waals surface area (Å²) in [4.78, 5) is 0. The summed E-state index contributed by atoms with van der Waals surface area (Å²) in [6.45, 7) is 7.07.